The van der Waals surface area contributed by atoms with Gasteiger partial charge < -0.3 is 10.4 Å². The van der Waals surface area contributed by atoms with Crippen LogP contribution in [0.15, 0.2) is 18.2 Å². The largest absolute Gasteiger partial charge is 0.508 e. The summed E-state index contributed by atoms with van der Waals surface area (Å²) < 4.78 is 0. The van der Waals surface area contributed by atoms with Gasteiger partial charge in [-0.25, -0.2) is 0 Å². The Morgan fingerprint density at radius 2 is 2.29 bits per heavy atom. The molecule has 0 spiro atoms. The average molecular weight is 214 g/mol. The van der Waals surface area contributed by atoms with Crippen LogP contribution < -0.4 is 5.32 Å². The van der Waals surface area contributed by atoms with Crippen LogP contribution >= 0.6 is 11.6 Å². The van der Waals surface area contributed by atoms with Crippen molar-refractivity contribution in [3.8, 4) is 5.75 Å². The minimum absolute atomic E-state index is 0.0307. The minimum atomic E-state index is -0.197. The van der Waals surface area contributed by atoms with Crippen molar-refractivity contribution in [3.63, 3.8) is 0 Å². The lowest BCUT2D eigenvalue weighted by atomic mass is 10.1. The van der Waals surface area contributed by atoms with Crippen LogP contribution in [0.3, 0.4) is 0 Å². The van der Waals surface area contributed by atoms with E-state index < -0.39 is 0 Å². The van der Waals surface area contributed by atoms with Gasteiger partial charge in [-0.2, -0.15) is 0 Å². The van der Waals surface area contributed by atoms with Gasteiger partial charge in [-0.05, 0) is 24.1 Å². The molecular weight excluding hydrogens is 202 g/mol. The Hall–Kier alpha value is -1.22. The molecule has 0 unspecified atom stereocenters. The van der Waals surface area contributed by atoms with Crippen molar-refractivity contribution in [2.45, 2.75) is 13.5 Å². The summed E-state index contributed by atoms with van der Waals surface area (Å²) in [6, 6.07) is 5.19. The summed E-state index contributed by atoms with van der Waals surface area (Å²) >= 11 is 5.32. The van der Waals surface area contributed by atoms with Crippen LogP contribution in [-0.2, 0) is 11.3 Å². The highest BCUT2D eigenvalue weighted by molar-refractivity contribution is 6.27. The third kappa shape index (κ3) is 2.92. The topological polar surface area (TPSA) is 49.3 Å². The van der Waals surface area contributed by atoms with Crippen LogP contribution in [0.25, 0.3) is 0 Å². The molecule has 1 rings (SSSR count). The summed E-state index contributed by atoms with van der Waals surface area (Å²) in [6.45, 7) is 2.24. The molecule has 0 aliphatic rings. The molecule has 0 fully saturated rings. The predicted molar refractivity (Wildman–Crippen MR) is 55.4 cm³/mol. The first kappa shape index (κ1) is 10.9. The van der Waals surface area contributed by atoms with Crippen LogP contribution in [-0.4, -0.2) is 16.9 Å². The molecule has 0 saturated carbocycles. The zero-order chi connectivity index (χ0) is 10.6. The smallest absolute Gasteiger partial charge is 0.235 e. The number of hydrogen-bond acceptors (Lipinski definition) is 2. The lowest BCUT2D eigenvalue weighted by Gasteiger charge is -2.05. The molecule has 4 heteroatoms. The SMILES string of the molecule is Cc1cc(CNC(=O)CCl)ccc1O. The highest BCUT2D eigenvalue weighted by atomic mass is 35.5. The van der Waals surface area contributed by atoms with Crippen LogP contribution in [0, 0.1) is 6.92 Å². The number of phenolic OH excluding ortho intramolecular Hbond substituents is 1. The summed E-state index contributed by atoms with van der Waals surface area (Å²) in [5, 5.41) is 11.9. The standard InChI is InChI=1S/C10H12ClNO2/c1-7-4-8(2-3-9(7)13)6-12-10(14)5-11/h2-4,13H,5-6H2,1H3,(H,12,14). The van der Waals surface area contributed by atoms with Gasteiger partial charge in [-0.15, -0.1) is 11.6 Å². The number of nitrogens with one attached hydrogen (secondary N) is 1. The summed E-state index contributed by atoms with van der Waals surface area (Å²) in [7, 11) is 0. The van der Waals surface area contributed by atoms with E-state index in [2.05, 4.69) is 5.32 Å². The molecule has 0 aliphatic heterocycles. The van der Waals surface area contributed by atoms with Crippen LogP contribution in [0.5, 0.6) is 5.75 Å². The van der Waals surface area contributed by atoms with Crippen molar-refractivity contribution in [2.24, 2.45) is 0 Å². The molecule has 0 atom stereocenters. The molecule has 0 bridgehead atoms. The minimum Gasteiger partial charge on any atom is -0.508 e. The number of phenols is 1. The second-order valence-electron chi connectivity index (χ2n) is 3.03. The van der Waals surface area contributed by atoms with E-state index in [0.29, 0.717) is 6.54 Å². The number of aromatic hydroxyl groups is 1. The van der Waals surface area contributed by atoms with Crippen molar-refractivity contribution < 1.29 is 9.90 Å². The summed E-state index contributed by atoms with van der Waals surface area (Å²) in [6.07, 6.45) is 0. The molecule has 0 aliphatic carbocycles. The lowest BCUT2D eigenvalue weighted by molar-refractivity contribution is -0.118. The van der Waals surface area contributed by atoms with E-state index in [-0.39, 0.29) is 17.5 Å². The molecule has 76 valence electrons. The normalized spacial score (nSPS) is 9.86. The first-order valence-electron chi connectivity index (χ1n) is 4.24. The molecular formula is C10H12ClNO2. The molecule has 1 aromatic rings. The van der Waals surface area contributed by atoms with Gasteiger partial charge in [0.2, 0.25) is 5.91 Å². The fraction of sp³-hybridized carbons (Fsp3) is 0.300. The van der Waals surface area contributed by atoms with Crippen LogP contribution in [0.4, 0.5) is 0 Å². The van der Waals surface area contributed by atoms with Gasteiger partial charge in [-0.1, -0.05) is 12.1 Å². The maximum Gasteiger partial charge on any atom is 0.235 e. The Morgan fingerprint density at radius 1 is 1.57 bits per heavy atom. The maximum atomic E-state index is 10.8. The van der Waals surface area contributed by atoms with Gasteiger partial charge in [0.15, 0.2) is 0 Å². The molecule has 1 amide bonds. The highest BCUT2D eigenvalue weighted by Crippen LogP contribution is 2.16. The fourth-order valence-electron chi connectivity index (χ4n) is 1.08. The van der Waals surface area contributed by atoms with Crippen molar-refractivity contribution >= 4 is 17.5 Å². The van der Waals surface area contributed by atoms with Crippen molar-refractivity contribution in [1.29, 1.82) is 0 Å². The Bertz CT molecular complexity index is 339. The Labute approximate surface area is 87.7 Å². The van der Waals surface area contributed by atoms with E-state index in [0.717, 1.165) is 11.1 Å². The van der Waals surface area contributed by atoms with Crippen molar-refractivity contribution in [1.82, 2.24) is 5.32 Å². The maximum absolute atomic E-state index is 10.8. The van der Waals surface area contributed by atoms with Gasteiger partial charge in [0, 0.05) is 6.54 Å². The van der Waals surface area contributed by atoms with E-state index in [1.165, 1.54) is 0 Å². The van der Waals surface area contributed by atoms with Gasteiger partial charge in [0.05, 0.1) is 0 Å². The number of rotatable bonds is 3. The summed E-state index contributed by atoms with van der Waals surface area (Å²) in [5.74, 6) is 0.0340. The number of amides is 1. The fourth-order valence-corrected chi connectivity index (χ4v) is 1.17. The average Bonchev–Trinajstić information content (AvgIpc) is 2.19. The van der Waals surface area contributed by atoms with E-state index in [9.17, 15) is 9.90 Å². The number of benzene rings is 1. The quantitative estimate of drug-likeness (QED) is 0.749. The first-order chi connectivity index (χ1) is 6.63. The molecule has 3 nitrogen and oxygen atoms in total. The number of alkyl halides is 1. The van der Waals surface area contributed by atoms with E-state index in [1.807, 2.05) is 13.0 Å². The van der Waals surface area contributed by atoms with E-state index in [4.69, 9.17) is 11.6 Å². The van der Waals surface area contributed by atoms with E-state index >= 15 is 0 Å². The molecule has 1 aromatic carbocycles. The number of carbonyl (C=O) groups excluding carboxylic acids is 1. The Kier molecular flexibility index (Phi) is 3.77. The first-order valence-corrected chi connectivity index (χ1v) is 4.78. The molecule has 2 N–H and O–H groups in total. The second-order valence-corrected chi connectivity index (χ2v) is 3.30. The third-order valence-electron chi connectivity index (χ3n) is 1.87. The zero-order valence-corrected chi connectivity index (χ0v) is 8.64. The number of hydrogen-bond donors (Lipinski definition) is 2. The third-order valence-corrected chi connectivity index (χ3v) is 2.11. The summed E-state index contributed by atoms with van der Waals surface area (Å²) in [5.41, 5.74) is 1.74. The van der Waals surface area contributed by atoms with Gasteiger partial charge in [0.1, 0.15) is 11.6 Å². The van der Waals surface area contributed by atoms with Gasteiger partial charge in [0.25, 0.3) is 0 Å². The van der Waals surface area contributed by atoms with Crippen molar-refractivity contribution in [2.75, 3.05) is 5.88 Å². The monoisotopic (exact) mass is 213 g/mol. The molecule has 0 aromatic heterocycles. The predicted octanol–water partition coefficient (Wildman–Crippen LogP) is 1.56. The van der Waals surface area contributed by atoms with Crippen molar-refractivity contribution in [3.05, 3.63) is 29.3 Å². The highest BCUT2D eigenvalue weighted by Gasteiger charge is 2.00. The molecule has 0 saturated heterocycles. The van der Waals surface area contributed by atoms with Crippen LogP contribution in [0.1, 0.15) is 11.1 Å². The lowest BCUT2D eigenvalue weighted by Crippen LogP contribution is -2.23. The van der Waals surface area contributed by atoms with Gasteiger partial charge >= 0.3 is 0 Å². The number of halogens is 1. The molecule has 14 heavy (non-hydrogen) atoms. The number of carbonyl (C=O) groups is 1. The molecule has 0 radical (unpaired) electrons. The second kappa shape index (κ2) is 4.86. The van der Waals surface area contributed by atoms with Gasteiger partial charge in [-0.3, -0.25) is 4.79 Å². The Morgan fingerprint density at radius 3 is 2.86 bits per heavy atom. The van der Waals surface area contributed by atoms with Crippen LogP contribution in [0.2, 0.25) is 0 Å². The molecule has 0 heterocycles. The number of aryl methyl sites for hydroxylation is 1. The Balaban J connectivity index is 2.60. The summed E-state index contributed by atoms with van der Waals surface area (Å²) in [4.78, 5) is 10.8. The van der Waals surface area contributed by atoms with E-state index in [1.54, 1.807) is 12.1 Å². The zero-order valence-electron chi connectivity index (χ0n) is 7.88.